The minimum absolute atomic E-state index is 0.0825. The third-order valence-corrected chi connectivity index (χ3v) is 5.23. The fourth-order valence-corrected chi connectivity index (χ4v) is 3.83. The summed E-state index contributed by atoms with van der Waals surface area (Å²) < 4.78 is 6.77. The Hall–Kier alpha value is -3.00. The second-order valence-electron chi connectivity index (χ2n) is 6.09. The lowest BCUT2D eigenvalue weighted by Crippen LogP contribution is -2.33. The first-order valence-electron chi connectivity index (χ1n) is 8.45. The minimum atomic E-state index is -0.594. The Bertz CT molecular complexity index is 1000. The molecule has 1 fully saturated rings. The fourth-order valence-electron chi connectivity index (χ4n) is 2.94. The van der Waals surface area contributed by atoms with Crippen LogP contribution in [0.2, 0.25) is 0 Å². The second-order valence-corrected chi connectivity index (χ2v) is 7.03. The Kier molecular flexibility index (Phi) is 4.72. The van der Waals surface area contributed by atoms with Crippen LogP contribution in [-0.2, 0) is 16.1 Å². The van der Waals surface area contributed by atoms with E-state index in [9.17, 15) is 14.7 Å². The number of benzene rings is 2. The average Bonchev–Trinajstić information content (AvgIpc) is 3.24. The van der Waals surface area contributed by atoms with Crippen LogP contribution in [0, 0.1) is 0 Å². The molecule has 1 N–H and O–H groups in total. The van der Waals surface area contributed by atoms with Crippen LogP contribution in [0.15, 0.2) is 53.7 Å². The first-order chi connectivity index (χ1) is 13.1. The molecule has 0 aliphatic carbocycles. The van der Waals surface area contributed by atoms with Crippen molar-refractivity contribution in [3.8, 4) is 5.75 Å². The number of thioether (sulfide) groups is 1. The van der Waals surface area contributed by atoms with E-state index in [2.05, 4.69) is 4.98 Å². The summed E-state index contributed by atoms with van der Waals surface area (Å²) in [7, 11) is 0. The van der Waals surface area contributed by atoms with Crippen molar-refractivity contribution in [3.05, 3.63) is 54.1 Å². The predicted octanol–water partition coefficient (Wildman–Crippen LogP) is 2.86. The maximum absolute atomic E-state index is 12.3. The molecule has 0 unspecified atom stereocenters. The lowest BCUT2D eigenvalue weighted by Gasteiger charge is -2.11. The zero-order valence-corrected chi connectivity index (χ0v) is 15.2. The van der Waals surface area contributed by atoms with Gasteiger partial charge in [0.05, 0.1) is 29.9 Å². The molecule has 1 aromatic heterocycles. The van der Waals surface area contributed by atoms with E-state index in [4.69, 9.17) is 4.74 Å². The van der Waals surface area contributed by atoms with E-state index in [-0.39, 0.29) is 30.6 Å². The van der Waals surface area contributed by atoms with Crippen LogP contribution in [0.25, 0.3) is 11.0 Å². The minimum Gasteiger partial charge on any atom is -0.508 e. The molecule has 1 aliphatic heterocycles. The van der Waals surface area contributed by atoms with Crippen LogP contribution in [-0.4, -0.2) is 50.5 Å². The zero-order chi connectivity index (χ0) is 18.8. The summed E-state index contributed by atoms with van der Waals surface area (Å²) in [5.74, 6) is -0.0630. The summed E-state index contributed by atoms with van der Waals surface area (Å²) in [6.45, 7) is 1.08. The van der Waals surface area contributed by atoms with Gasteiger partial charge in [0, 0.05) is 6.07 Å². The summed E-state index contributed by atoms with van der Waals surface area (Å²) in [6.07, 6.45) is -0.594. The van der Waals surface area contributed by atoms with E-state index in [1.165, 1.54) is 11.8 Å². The molecule has 3 aromatic rings. The van der Waals surface area contributed by atoms with Crippen molar-refractivity contribution in [2.75, 3.05) is 18.9 Å². The normalized spacial score (nSPS) is 13.9. The van der Waals surface area contributed by atoms with Gasteiger partial charge in [0.25, 0.3) is 0 Å². The number of carbonyl (C=O) groups is 2. The van der Waals surface area contributed by atoms with Crippen molar-refractivity contribution in [3.63, 3.8) is 0 Å². The van der Waals surface area contributed by atoms with Crippen molar-refractivity contribution >= 4 is 34.8 Å². The number of nitrogens with zero attached hydrogens (tertiary/aromatic N) is 3. The quantitative estimate of drug-likeness (QED) is 0.682. The number of imidazole rings is 1. The molecule has 0 bridgehead atoms. The summed E-state index contributed by atoms with van der Waals surface area (Å²) >= 11 is 1.27. The fraction of sp³-hybridized carbons (Fsp3) is 0.211. The molecule has 0 saturated carbocycles. The average molecular weight is 383 g/mol. The SMILES string of the molecule is O=C(CSc1nc2ccc(O)cc2n1Cc1ccccc1)N1CCOC1=O. The number of imide groups is 1. The van der Waals surface area contributed by atoms with Crippen LogP contribution in [0.5, 0.6) is 5.75 Å². The number of aromatic hydroxyl groups is 1. The van der Waals surface area contributed by atoms with E-state index in [0.717, 1.165) is 21.5 Å². The first-order valence-corrected chi connectivity index (χ1v) is 9.43. The monoisotopic (exact) mass is 383 g/mol. The summed E-state index contributed by atoms with van der Waals surface area (Å²) in [5, 5.41) is 10.5. The Morgan fingerprint density at radius 2 is 2.04 bits per heavy atom. The van der Waals surface area contributed by atoms with Crippen molar-refractivity contribution in [2.45, 2.75) is 11.7 Å². The molecule has 1 saturated heterocycles. The maximum Gasteiger partial charge on any atom is 0.416 e. The molecular weight excluding hydrogens is 366 g/mol. The predicted molar refractivity (Wildman–Crippen MR) is 101 cm³/mol. The smallest absolute Gasteiger partial charge is 0.416 e. The lowest BCUT2D eigenvalue weighted by molar-refractivity contribution is -0.125. The second kappa shape index (κ2) is 7.32. The van der Waals surface area contributed by atoms with Gasteiger partial charge in [-0.3, -0.25) is 4.79 Å². The highest BCUT2D eigenvalue weighted by Gasteiger charge is 2.28. The van der Waals surface area contributed by atoms with Gasteiger partial charge in [0.15, 0.2) is 5.16 Å². The van der Waals surface area contributed by atoms with Crippen molar-refractivity contribution in [1.29, 1.82) is 0 Å². The van der Waals surface area contributed by atoms with Crippen LogP contribution in [0.4, 0.5) is 4.79 Å². The molecule has 7 nitrogen and oxygen atoms in total. The van der Waals surface area contributed by atoms with Crippen LogP contribution < -0.4 is 0 Å². The molecule has 2 amide bonds. The number of ether oxygens (including phenoxy) is 1. The van der Waals surface area contributed by atoms with Gasteiger partial charge >= 0.3 is 6.09 Å². The number of aromatic nitrogens is 2. The lowest BCUT2D eigenvalue weighted by atomic mass is 10.2. The highest BCUT2D eigenvalue weighted by atomic mass is 32.2. The molecule has 0 atom stereocenters. The number of phenols is 1. The van der Waals surface area contributed by atoms with E-state index < -0.39 is 6.09 Å². The van der Waals surface area contributed by atoms with Gasteiger partial charge in [-0.25, -0.2) is 14.7 Å². The van der Waals surface area contributed by atoms with Gasteiger partial charge in [-0.2, -0.15) is 0 Å². The summed E-state index contributed by atoms with van der Waals surface area (Å²) in [5.41, 5.74) is 2.60. The summed E-state index contributed by atoms with van der Waals surface area (Å²) in [4.78, 5) is 29.5. The number of hydrogen-bond acceptors (Lipinski definition) is 6. The maximum atomic E-state index is 12.3. The highest BCUT2D eigenvalue weighted by Crippen LogP contribution is 2.28. The number of hydrogen-bond donors (Lipinski definition) is 1. The van der Waals surface area contributed by atoms with Crippen molar-refractivity contribution in [2.24, 2.45) is 0 Å². The van der Waals surface area contributed by atoms with Crippen molar-refractivity contribution < 1.29 is 19.4 Å². The van der Waals surface area contributed by atoms with Gasteiger partial charge in [-0.05, 0) is 17.7 Å². The number of cyclic esters (lactones) is 1. The molecule has 4 rings (SSSR count). The first kappa shape index (κ1) is 17.4. The molecule has 0 radical (unpaired) electrons. The van der Waals surface area contributed by atoms with Crippen LogP contribution in [0.1, 0.15) is 5.56 Å². The molecule has 27 heavy (non-hydrogen) atoms. The molecule has 2 aromatic carbocycles. The molecule has 8 heteroatoms. The largest absolute Gasteiger partial charge is 0.508 e. The van der Waals surface area contributed by atoms with Crippen LogP contribution in [0.3, 0.4) is 0 Å². The van der Waals surface area contributed by atoms with Gasteiger partial charge in [-0.15, -0.1) is 0 Å². The number of fused-ring (bicyclic) bond motifs is 1. The Morgan fingerprint density at radius 3 is 2.78 bits per heavy atom. The van der Waals surface area contributed by atoms with E-state index in [1.807, 2.05) is 34.9 Å². The van der Waals surface area contributed by atoms with Crippen LogP contribution >= 0.6 is 11.8 Å². The molecule has 1 aliphatic rings. The van der Waals surface area contributed by atoms with Gasteiger partial charge in [0.2, 0.25) is 5.91 Å². The molecule has 138 valence electrons. The van der Waals surface area contributed by atoms with Gasteiger partial charge in [0.1, 0.15) is 12.4 Å². The van der Waals surface area contributed by atoms with E-state index >= 15 is 0 Å². The Balaban J connectivity index is 1.62. The summed E-state index contributed by atoms with van der Waals surface area (Å²) in [6, 6.07) is 14.9. The molecule has 0 spiro atoms. The topological polar surface area (TPSA) is 84.7 Å². The number of amides is 2. The Morgan fingerprint density at radius 1 is 1.22 bits per heavy atom. The zero-order valence-electron chi connectivity index (χ0n) is 14.4. The number of carbonyl (C=O) groups excluding carboxylic acids is 2. The standard InChI is InChI=1S/C19H17N3O4S/c23-14-6-7-15-16(10-14)22(11-13-4-2-1-3-5-13)18(20-15)27-12-17(24)21-8-9-26-19(21)25/h1-7,10,23H,8-9,11-12H2. The van der Waals surface area contributed by atoms with Gasteiger partial charge in [-0.1, -0.05) is 42.1 Å². The number of phenolic OH excluding ortho intramolecular Hbond substituents is 1. The third kappa shape index (κ3) is 3.61. The number of rotatable bonds is 5. The molecular formula is C19H17N3O4S. The molecule has 2 heterocycles. The van der Waals surface area contributed by atoms with E-state index in [1.54, 1.807) is 18.2 Å². The third-order valence-electron chi connectivity index (χ3n) is 4.27. The van der Waals surface area contributed by atoms with Crippen molar-refractivity contribution in [1.82, 2.24) is 14.5 Å². The van der Waals surface area contributed by atoms with Gasteiger partial charge < -0.3 is 14.4 Å². The van der Waals surface area contributed by atoms with E-state index in [0.29, 0.717) is 11.7 Å². The Labute approximate surface area is 159 Å². The highest BCUT2D eigenvalue weighted by molar-refractivity contribution is 7.99.